The summed E-state index contributed by atoms with van der Waals surface area (Å²) >= 11 is 0. The molecule has 0 amide bonds. The lowest BCUT2D eigenvalue weighted by atomic mass is 9.88. The first-order valence-corrected chi connectivity index (χ1v) is 7.15. The third-order valence-corrected chi connectivity index (χ3v) is 4.50. The third kappa shape index (κ3) is 3.21. The first-order chi connectivity index (χ1) is 7.70. The van der Waals surface area contributed by atoms with Crippen LogP contribution in [0.15, 0.2) is 0 Å². The Balaban J connectivity index is 1.82. The maximum Gasteiger partial charge on any atom is 0.0280 e. The van der Waals surface area contributed by atoms with Gasteiger partial charge in [0.25, 0.3) is 0 Å². The molecule has 0 aromatic heterocycles. The van der Waals surface area contributed by atoms with Crippen molar-refractivity contribution in [1.82, 2.24) is 10.2 Å². The van der Waals surface area contributed by atoms with E-state index in [4.69, 9.17) is 0 Å². The van der Waals surface area contributed by atoms with Crippen molar-refractivity contribution < 1.29 is 0 Å². The van der Waals surface area contributed by atoms with E-state index in [-0.39, 0.29) is 0 Å². The topological polar surface area (TPSA) is 15.3 Å². The van der Waals surface area contributed by atoms with Crippen LogP contribution in [0.3, 0.4) is 0 Å². The van der Waals surface area contributed by atoms with Crippen molar-refractivity contribution in [2.24, 2.45) is 0 Å². The molecule has 16 heavy (non-hydrogen) atoms. The molecular formula is C14H28N2. The third-order valence-electron chi connectivity index (χ3n) is 4.50. The Morgan fingerprint density at radius 1 is 1.12 bits per heavy atom. The Morgan fingerprint density at radius 3 is 2.50 bits per heavy atom. The highest BCUT2D eigenvalue weighted by Crippen LogP contribution is 2.25. The number of hydrogen-bond acceptors (Lipinski definition) is 2. The Hall–Kier alpha value is -0.0800. The lowest BCUT2D eigenvalue weighted by molar-refractivity contribution is 0.127. The van der Waals surface area contributed by atoms with Gasteiger partial charge >= 0.3 is 0 Å². The molecule has 0 aromatic carbocycles. The Kier molecular flexibility index (Phi) is 4.26. The molecule has 2 rings (SSSR count). The average Bonchev–Trinajstić information content (AvgIpc) is 2.30. The zero-order valence-corrected chi connectivity index (χ0v) is 11.1. The maximum atomic E-state index is 3.72. The smallest absolute Gasteiger partial charge is 0.0280 e. The minimum atomic E-state index is 0.379. The molecule has 0 radical (unpaired) electrons. The van der Waals surface area contributed by atoms with Gasteiger partial charge < -0.3 is 10.2 Å². The van der Waals surface area contributed by atoms with Gasteiger partial charge in [0.1, 0.15) is 0 Å². The predicted molar refractivity (Wildman–Crippen MR) is 69.8 cm³/mol. The van der Waals surface area contributed by atoms with Crippen molar-refractivity contribution in [3.05, 3.63) is 0 Å². The molecule has 1 heterocycles. The molecule has 1 aliphatic carbocycles. The molecule has 2 heteroatoms. The summed E-state index contributed by atoms with van der Waals surface area (Å²) in [6.07, 6.45) is 11.3. The average molecular weight is 224 g/mol. The van der Waals surface area contributed by atoms with Crippen LogP contribution in [0.2, 0.25) is 0 Å². The molecule has 1 saturated carbocycles. The summed E-state index contributed by atoms with van der Waals surface area (Å²) < 4.78 is 0. The van der Waals surface area contributed by atoms with E-state index in [0.29, 0.717) is 5.54 Å². The largest absolute Gasteiger partial charge is 0.310 e. The summed E-state index contributed by atoms with van der Waals surface area (Å²) in [4.78, 5) is 2.62. The van der Waals surface area contributed by atoms with E-state index in [1.54, 1.807) is 0 Å². The quantitative estimate of drug-likeness (QED) is 0.793. The van der Waals surface area contributed by atoms with Crippen LogP contribution in [-0.4, -0.2) is 36.6 Å². The van der Waals surface area contributed by atoms with Gasteiger partial charge in [-0.3, -0.25) is 0 Å². The van der Waals surface area contributed by atoms with Crippen LogP contribution < -0.4 is 5.32 Å². The summed E-state index contributed by atoms with van der Waals surface area (Å²) in [6, 6.07) is 0.856. The van der Waals surface area contributed by atoms with Crippen molar-refractivity contribution in [2.45, 2.75) is 69.9 Å². The molecule has 0 spiro atoms. The number of nitrogens with zero attached hydrogens (tertiary/aromatic N) is 1. The van der Waals surface area contributed by atoms with E-state index >= 15 is 0 Å². The Bertz CT molecular complexity index is 203. The highest BCUT2D eigenvalue weighted by molar-refractivity contribution is 4.90. The number of nitrogens with one attached hydrogen (secondary N) is 1. The molecular weight excluding hydrogens is 196 g/mol. The van der Waals surface area contributed by atoms with Gasteiger partial charge in [-0.1, -0.05) is 25.7 Å². The molecule has 1 aliphatic heterocycles. The SMILES string of the molecule is CN(CC1(C)CCCCN1)C1CCCCC1. The minimum absolute atomic E-state index is 0.379. The van der Waals surface area contributed by atoms with E-state index in [9.17, 15) is 0 Å². The van der Waals surface area contributed by atoms with Crippen LogP contribution in [0.4, 0.5) is 0 Å². The summed E-state index contributed by atoms with van der Waals surface area (Å²) in [6.45, 7) is 4.86. The second-order valence-electron chi connectivity index (χ2n) is 6.15. The van der Waals surface area contributed by atoms with Crippen molar-refractivity contribution in [3.8, 4) is 0 Å². The predicted octanol–water partition coefficient (Wildman–Crippen LogP) is 2.78. The number of likely N-dealkylation sites (N-methyl/N-ethyl adjacent to an activating group) is 1. The maximum absolute atomic E-state index is 3.72. The fourth-order valence-electron chi connectivity index (χ4n) is 3.46. The standard InChI is InChI=1S/C14H28N2/c1-14(10-6-7-11-15-14)12-16(2)13-8-4-3-5-9-13/h13,15H,3-12H2,1-2H3. The molecule has 94 valence electrons. The fraction of sp³-hybridized carbons (Fsp3) is 1.00. The molecule has 0 bridgehead atoms. The zero-order valence-electron chi connectivity index (χ0n) is 11.1. The minimum Gasteiger partial charge on any atom is -0.310 e. The fourth-order valence-corrected chi connectivity index (χ4v) is 3.46. The molecule has 0 aromatic rings. The zero-order chi connectivity index (χ0) is 11.4. The van der Waals surface area contributed by atoms with Gasteiger partial charge in [0, 0.05) is 18.1 Å². The molecule has 2 nitrogen and oxygen atoms in total. The summed E-state index contributed by atoms with van der Waals surface area (Å²) in [5, 5.41) is 3.72. The summed E-state index contributed by atoms with van der Waals surface area (Å²) in [7, 11) is 2.33. The first-order valence-electron chi connectivity index (χ1n) is 7.15. The van der Waals surface area contributed by atoms with Crippen molar-refractivity contribution >= 4 is 0 Å². The van der Waals surface area contributed by atoms with E-state index in [2.05, 4.69) is 24.2 Å². The number of hydrogen-bond donors (Lipinski definition) is 1. The van der Waals surface area contributed by atoms with Crippen LogP contribution in [-0.2, 0) is 0 Å². The number of rotatable bonds is 3. The normalized spacial score (nSPS) is 33.2. The van der Waals surface area contributed by atoms with E-state index in [1.165, 1.54) is 64.5 Å². The lowest BCUT2D eigenvalue weighted by Crippen LogP contribution is -2.54. The monoisotopic (exact) mass is 224 g/mol. The van der Waals surface area contributed by atoms with Gasteiger partial charge in [-0.25, -0.2) is 0 Å². The second-order valence-corrected chi connectivity index (χ2v) is 6.15. The highest BCUT2D eigenvalue weighted by atomic mass is 15.2. The first kappa shape index (κ1) is 12.4. The van der Waals surface area contributed by atoms with Crippen molar-refractivity contribution in [3.63, 3.8) is 0 Å². The lowest BCUT2D eigenvalue weighted by Gasteiger charge is -2.41. The van der Waals surface area contributed by atoms with Crippen LogP contribution in [0, 0.1) is 0 Å². The molecule has 1 atom stereocenters. The van der Waals surface area contributed by atoms with Gasteiger partial charge in [-0.15, -0.1) is 0 Å². The molecule has 2 aliphatic rings. The van der Waals surface area contributed by atoms with E-state index in [0.717, 1.165) is 6.04 Å². The summed E-state index contributed by atoms with van der Waals surface area (Å²) in [5.74, 6) is 0. The van der Waals surface area contributed by atoms with Gasteiger partial charge in [0.05, 0.1) is 0 Å². The highest BCUT2D eigenvalue weighted by Gasteiger charge is 2.30. The molecule has 2 fully saturated rings. The van der Waals surface area contributed by atoms with Crippen LogP contribution >= 0.6 is 0 Å². The van der Waals surface area contributed by atoms with Gasteiger partial charge in [-0.05, 0) is 46.2 Å². The van der Waals surface area contributed by atoms with Crippen LogP contribution in [0.1, 0.15) is 58.3 Å². The Morgan fingerprint density at radius 2 is 1.88 bits per heavy atom. The van der Waals surface area contributed by atoms with Gasteiger partial charge in [0.15, 0.2) is 0 Å². The van der Waals surface area contributed by atoms with E-state index < -0.39 is 0 Å². The second kappa shape index (κ2) is 5.50. The van der Waals surface area contributed by atoms with Crippen molar-refractivity contribution in [1.29, 1.82) is 0 Å². The van der Waals surface area contributed by atoms with Gasteiger partial charge in [0.2, 0.25) is 0 Å². The van der Waals surface area contributed by atoms with Gasteiger partial charge in [-0.2, -0.15) is 0 Å². The van der Waals surface area contributed by atoms with E-state index in [1.807, 2.05) is 0 Å². The number of piperidine rings is 1. The van der Waals surface area contributed by atoms with Crippen molar-refractivity contribution in [2.75, 3.05) is 20.1 Å². The molecule has 1 N–H and O–H groups in total. The molecule has 1 saturated heterocycles. The van der Waals surface area contributed by atoms with Crippen LogP contribution in [0.25, 0.3) is 0 Å². The summed E-state index contributed by atoms with van der Waals surface area (Å²) in [5.41, 5.74) is 0.379. The Labute approximate surface area is 101 Å². The molecule has 1 unspecified atom stereocenters. The van der Waals surface area contributed by atoms with Crippen LogP contribution in [0.5, 0.6) is 0 Å².